The highest BCUT2D eigenvalue weighted by Crippen LogP contribution is 2.41. The second-order valence-corrected chi connectivity index (χ2v) is 6.13. The van der Waals surface area contributed by atoms with E-state index in [4.69, 9.17) is 18.0 Å². The maximum atomic E-state index is 13.9. The van der Waals surface area contributed by atoms with E-state index in [2.05, 4.69) is 5.32 Å². The summed E-state index contributed by atoms with van der Waals surface area (Å²) in [5.41, 5.74) is 6.16. The summed E-state index contributed by atoms with van der Waals surface area (Å²) in [7, 11) is 0. The monoisotopic (exact) mass is 308 g/mol. The van der Waals surface area contributed by atoms with Gasteiger partial charge < -0.3 is 11.1 Å². The molecule has 1 amide bonds. The Morgan fingerprint density at radius 1 is 1.43 bits per heavy atom. The molecule has 2 rings (SSSR count). The van der Waals surface area contributed by atoms with Crippen LogP contribution in [0, 0.1) is 11.2 Å². The van der Waals surface area contributed by atoms with Crippen molar-refractivity contribution < 1.29 is 9.18 Å². The molecule has 0 spiro atoms. The Bertz CT molecular complexity index is 553. The van der Waals surface area contributed by atoms with Crippen molar-refractivity contribution in [2.75, 3.05) is 0 Å². The van der Waals surface area contributed by atoms with Crippen molar-refractivity contribution in [1.29, 1.82) is 0 Å². The summed E-state index contributed by atoms with van der Waals surface area (Å²) in [6.07, 6.45) is 4.88. The highest BCUT2D eigenvalue weighted by molar-refractivity contribution is 7.80. The molecule has 1 saturated carbocycles. The van der Waals surface area contributed by atoms with Gasteiger partial charge in [0.1, 0.15) is 10.8 Å². The zero-order chi connectivity index (χ0) is 15.5. The van der Waals surface area contributed by atoms with E-state index >= 15 is 0 Å². The van der Waals surface area contributed by atoms with Crippen molar-refractivity contribution in [3.63, 3.8) is 0 Å². The predicted molar refractivity (Wildman–Crippen MR) is 85.3 cm³/mol. The van der Waals surface area contributed by atoms with Crippen LogP contribution in [0.2, 0.25) is 0 Å². The first-order chi connectivity index (χ1) is 9.98. The number of carbonyl (C=O) groups is 1. The number of nitrogens with one attached hydrogen (secondary N) is 1. The molecule has 1 fully saturated rings. The quantitative estimate of drug-likeness (QED) is 0.822. The Morgan fingerprint density at radius 2 is 2.10 bits per heavy atom. The van der Waals surface area contributed by atoms with Gasteiger partial charge >= 0.3 is 0 Å². The number of hydrogen-bond acceptors (Lipinski definition) is 2. The maximum Gasteiger partial charge on any atom is 0.226 e. The van der Waals surface area contributed by atoms with Crippen LogP contribution in [0.25, 0.3) is 0 Å². The van der Waals surface area contributed by atoms with E-state index in [-0.39, 0.29) is 22.9 Å². The van der Waals surface area contributed by atoms with E-state index in [1.807, 2.05) is 6.92 Å². The number of hydrogen-bond donors (Lipinski definition) is 2. The molecule has 0 aromatic heterocycles. The van der Waals surface area contributed by atoms with Gasteiger partial charge in [0.15, 0.2) is 0 Å². The molecule has 0 atom stereocenters. The second kappa shape index (κ2) is 6.52. The Morgan fingerprint density at radius 3 is 2.62 bits per heavy atom. The summed E-state index contributed by atoms with van der Waals surface area (Å²) in [5.74, 6) is -0.349. The molecule has 21 heavy (non-hydrogen) atoms. The number of amides is 1. The molecule has 0 saturated heterocycles. The number of carbonyl (C=O) groups excluding carboxylic acids is 1. The molecule has 1 aliphatic carbocycles. The Hall–Kier alpha value is -1.49. The largest absolute Gasteiger partial charge is 0.389 e. The summed E-state index contributed by atoms with van der Waals surface area (Å²) in [5, 5.41) is 2.88. The smallest absolute Gasteiger partial charge is 0.226 e. The van der Waals surface area contributed by atoms with Gasteiger partial charge in [-0.1, -0.05) is 44.1 Å². The van der Waals surface area contributed by atoms with E-state index in [9.17, 15) is 9.18 Å². The van der Waals surface area contributed by atoms with Gasteiger partial charge in [0.25, 0.3) is 0 Å². The van der Waals surface area contributed by atoms with Gasteiger partial charge in [0.05, 0.1) is 0 Å². The molecule has 114 valence electrons. The second-order valence-electron chi connectivity index (χ2n) is 5.69. The molecular formula is C16H21FN2OS. The van der Waals surface area contributed by atoms with Gasteiger partial charge in [0.2, 0.25) is 5.91 Å². The highest BCUT2D eigenvalue weighted by Gasteiger charge is 2.39. The predicted octanol–water partition coefficient (Wildman–Crippen LogP) is 3.05. The van der Waals surface area contributed by atoms with Crippen LogP contribution >= 0.6 is 12.2 Å². The first kappa shape index (κ1) is 15.9. The topological polar surface area (TPSA) is 55.1 Å². The van der Waals surface area contributed by atoms with Crippen molar-refractivity contribution >= 4 is 23.1 Å². The lowest BCUT2D eigenvalue weighted by Crippen LogP contribution is -2.38. The number of rotatable bonds is 5. The molecule has 0 aliphatic heterocycles. The summed E-state index contributed by atoms with van der Waals surface area (Å²) < 4.78 is 13.9. The maximum absolute atomic E-state index is 13.9. The fraction of sp³-hybridized carbons (Fsp3) is 0.500. The normalized spacial score (nSPS) is 16.7. The van der Waals surface area contributed by atoms with Crippen LogP contribution in [0.4, 0.5) is 4.39 Å². The number of benzene rings is 1. The average molecular weight is 308 g/mol. The Labute approximate surface area is 130 Å². The lowest BCUT2D eigenvalue weighted by Gasteiger charge is -2.26. The van der Waals surface area contributed by atoms with Gasteiger partial charge in [-0.3, -0.25) is 4.79 Å². The minimum atomic E-state index is -0.391. The molecule has 3 N–H and O–H groups in total. The summed E-state index contributed by atoms with van der Waals surface area (Å²) in [6, 6.07) is 4.62. The lowest BCUT2D eigenvalue weighted by atomic mass is 9.82. The van der Waals surface area contributed by atoms with Gasteiger partial charge in [-0.05, 0) is 25.3 Å². The van der Waals surface area contributed by atoms with Crippen LogP contribution in [0.15, 0.2) is 18.2 Å². The lowest BCUT2D eigenvalue weighted by molar-refractivity contribution is -0.131. The van der Waals surface area contributed by atoms with E-state index in [1.165, 1.54) is 6.07 Å². The fourth-order valence-corrected chi connectivity index (χ4v) is 3.13. The molecule has 0 radical (unpaired) electrons. The van der Waals surface area contributed by atoms with Crippen LogP contribution in [-0.4, -0.2) is 10.9 Å². The van der Waals surface area contributed by atoms with Gasteiger partial charge in [-0.25, -0.2) is 4.39 Å². The standard InChI is InChI=1S/C16H21FN2OS/c1-2-16(7-3-4-8-16)15(20)19-10-12-6-5-11(14(18)21)9-13(12)17/h5-6,9H,2-4,7-8,10H2,1H3,(H2,18,21)(H,19,20). The van der Waals surface area contributed by atoms with Gasteiger partial charge in [0, 0.05) is 23.1 Å². The molecule has 1 aromatic rings. The van der Waals surface area contributed by atoms with Gasteiger partial charge in [-0.2, -0.15) is 0 Å². The number of thiocarbonyl (C=S) groups is 1. The molecule has 5 heteroatoms. The third-order valence-corrected chi connectivity index (χ3v) is 4.73. The minimum Gasteiger partial charge on any atom is -0.389 e. The van der Waals surface area contributed by atoms with E-state index in [0.29, 0.717) is 11.1 Å². The molecule has 1 aromatic carbocycles. The number of nitrogens with two attached hydrogens (primary N) is 1. The molecule has 0 unspecified atom stereocenters. The molecule has 3 nitrogen and oxygen atoms in total. The van der Waals surface area contributed by atoms with Crippen LogP contribution < -0.4 is 11.1 Å². The molecule has 0 bridgehead atoms. The first-order valence-electron chi connectivity index (χ1n) is 7.35. The third kappa shape index (κ3) is 3.40. The van der Waals surface area contributed by atoms with E-state index in [1.54, 1.807) is 12.1 Å². The molecule has 1 aliphatic rings. The van der Waals surface area contributed by atoms with Crippen molar-refractivity contribution in [1.82, 2.24) is 5.32 Å². The first-order valence-corrected chi connectivity index (χ1v) is 7.76. The SMILES string of the molecule is CCC1(C(=O)NCc2ccc(C(N)=S)cc2F)CCCC1. The third-order valence-electron chi connectivity index (χ3n) is 4.50. The van der Waals surface area contributed by atoms with E-state index < -0.39 is 5.82 Å². The summed E-state index contributed by atoms with van der Waals surface area (Å²) >= 11 is 4.82. The van der Waals surface area contributed by atoms with E-state index in [0.717, 1.165) is 32.1 Å². The Balaban J connectivity index is 2.03. The summed E-state index contributed by atoms with van der Waals surface area (Å²) in [6.45, 7) is 2.24. The van der Waals surface area contributed by atoms with Crippen molar-refractivity contribution in [3.8, 4) is 0 Å². The molecular weight excluding hydrogens is 287 g/mol. The Kier molecular flexibility index (Phi) is 4.93. The zero-order valence-electron chi connectivity index (χ0n) is 12.2. The average Bonchev–Trinajstić information content (AvgIpc) is 2.95. The highest BCUT2D eigenvalue weighted by atomic mass is 32.1. The van der Waals surface area contributed by atoms with Gasteiger partial charge in [-0.15, -0.1) is 0 Å². The van der Waals surface area contributed by atoms with Crippen LogP contribution in [0.1, 0.15) is 50.2 Å². The van der Waals surface area contributed by atoms with Crippen molar-refractivity contribution in [2.45, 2.75) is 45.6 Å². The fourth-order valence-electron chi connectivity index (χ4n) is 3.00. The van der Waals surface area contributed by atoms with Crippen LogP contribution in [0.5, 0.6) is 0 Å². The number of halogens is 1. The van der Waals surface area contributed by atoms with Crippen molar-refractivity contribution in [2.24, 2.45) is 11.1 Å². The molecule has 0 heterocycles. The summed E-state index contributed by atoms with van der Waals surface area (Å²) in [4.78, 5) is 12.6. The van der Waals surface area contributed by atoms with Crippen LogP contribution in [0.3, 0.4) is 0 Å². The zero-order valence-corrected chi connectivity index (χ0v) is 13.1. The van der Waals surface area contributed by atoms with Crippen LogP contribution in [-0.2, 0) is 11.3 Å². The minimum absolute atomic E-state index is 0.0420. The van der Waals surface area contributed by atoms with Crippen molar-refractivity contribution in [3.05, 3.63) is 35.1 Å².